The number of hydrogen-bond donors (Lipinski definition) is 3. The molecule has 1 fully saturated rings. The molecule has 1 unspecified atom stereocenters. The highest BCUT2D eigenvalue weighted by molar-refractivity contribution is 7.99. The maximum absolute atomic E-state index is 5.35. The van der Waals surface area contributed by atoms with Gasteiger partial charge in [0.25, 0.3) is 0 Å². The number of aromatic nitrogens is 2. The Morgan fingerprint density at radius 2 is 2.24 bits per heavy atom. The van der Waals surface area contributed by atoms with E-state index < -0.39 is 0 Å². The molecule has 1 aliphatic rings. The van der Waals surface area contributed by atoms with Crippen LogP contribution in [0.1, 0.15) is 25.1 Å². The Bertz CT molecular complexity index is 365. The molecule has 0 saturated carbocycles. The van der Waals surface area contributed by atoms with E-state index in [2.05, 4.69) is 32.5 Å². The zero-order valence-corrected chi connectivity index (χ0v) is 10.9. The first kappa shape index (κ1) is 12.4. The van der Waals surface area contributed by atoms with Gasteiger partial charge in [-0.25, -0.2) is 15.8 Å². The summed E-state index contributed by atoms with van der Waals surface area (Å²) in [5.41, 5.74) is 2.55. The molecule has 17 heavy (non-hydrogen) atoms. The molecule has 0 bridgehead atoms. The van der Waals surface area contributed by atoms with Crippen LogP contribution < -0.4 is 16.6 Å². The number of hydrazine groups is 1. The molecular weight excluding hydrogens is 234 g/mol. The number of hydrogen-bond acceptors (Lipinski definition) is 6. The lowest BCUT2D eigenvalue weighted by atomic mass is 10.2. The zero-order chi connectivity index (χ0) is 12.1. The van der Waals surface area contributed by atoms with Crippen molar-refractivity contribution in [1.29, 1.82) is 0 Å². The second kappa shape index (κ2) is 6.07. The highest BCUT2D eigenvalue weighted by Gasteiger charge is 2.13. The second-order valence-corrected chi connectivity index (χ2v) is 5.61. The molecule has 0 aromatic carbocycles. The van der Waals surface area contributed by atoms with Gasteiger partial charge >= 0.3 is 0 Å². The van der Waals surface area contributed by atoms with E-state index in [-0.39, 0.29) is 0 Å². The van der Waals surface area contributed by atoms with Gasteiger partial charge in [-0.05, 0) is 25.5 Å². The van der Waals surface area contributed by atoms with Crippen molar-refractivity contribution in [3.05, 3.63) is 11.9 Å². The third-order valence-corrected chi connectivity index (χ3v) is 4.17. The first-order valence-corrected chi connectivity index (χ1v) is 7.00. The molecule has 4 N–H and O–H groups in total. The van der Waals surface area contributed by atoms with E-state index in [1.807, 2.05) is 13.0 Å². The van der Waals surface area contributed by atoms with Crippen LogP contribution >= 0.6 is 11.8 Å². The van der Waals surface area contributed by atoms with Crippen LogP contribution in [0, 0.1) is 6.92 Å². The predicted molar refractivity (Wildman–Crippen MR) is 73.2 cm³/mol. The van der Waals surface area contributed by atoms with Crippen LogP contribution in [0.4, 0.5) is 11.6 Å². The van der Waals surface area contributed by atoms with Gasteiger partial charge in [-0.3, -0.25) is 0 Å². The topological polar surface area (TPSA) is 75.9 Å². The Morgan fingerprint density at radius 3 is 2.94 bits per heavy atom. The third-order valence-electron chi connectivity index (χ3n) is 2.77. The Morgan fingerprint density at radius 1 is 1.41 bits per heavy atom. The molecular formula is C11H19N5S. The molecule has 0 aliphatic carbocycles. The Hall–Kier alpha value is -1.01. The molecule has 1 aliphatic heterocycles. The highest BCUT2D eigenvalue weighted by Crippen LogP contribution is 2.25. The largest absolute Gasteiger partial charge is 0.369 e. The molecule has 0 spiro atoms. The quantitative estimate of drug-likeness (QED) is 0.561. The summed E-state index contributed by atoms with van der Waals surface area (Å²) >= 11 is 2.05. The van der Waals surface area contributed by atoms with Gasteiger partial charge in [0.1, 0.15) is 17.5 Å². The van der Waals surface area contributed by atoms with Gasteiger partial charge in [0.2, 0.25) is 0 Å². The summed E-state index contributed by atoms with van der Waals surface area (Å²) in [5.74, 6) is 8.85. The van der Waals surface area contributed by atoms with Crippen molar-refractivity contribution in [3.63, 3.8) is 0 Å². The Kier molecular flexibility index (Phi) is 4.44. The minimum atomic E-state index is 0.649. The average Bonchev–Trinajstić information content (AvgIpc) is 2.37. The van der Waals surface area contributed by atoms with E-state index in [0.29, 0.717) is 11.1 Å². The molecule has 1 saturated heterocycles. The van der Waals surface area contributed by atoms with Crippen molar-refractivity contribution in [2.24, 2.45) is 5.84 Å². The molecule has 1 atom stereocenters. The lowest BCUT2D eigenvalue weighted by Gasteiger charge is -2.21. The standard InChI is InChI=1S/C11H19N5S/c1-8-14-10(6-11(15-8)16-12)13-7-9-4-2-3-5-17-9/h6,9H,2-5,7,12H2,1H3,(H2,13,14,15,16). The monoisotopic (exact) mass is 253 g/mol. The van der Waals surface area contributed by atoms with Crippen molar-refractivity contribution < 1.29 is 0 Å². The fourth-order valence-electron chi connectivity index (χ4n) is 1.92. The van der Waals surface area contributed by atoms with E-state index in [1.165, 1.54) is 25.0 Å². The number of aryl methyl sites for hydroxylation is 1. The maximum Gasteiger partial charge on any atom is 0.145 e. The number of nitrogens with zero attached hydrogens (tertiary/aromatic N) is 2. The van der Waals surface area contributed by atoms with Crippen molar-refractivity contribution in [2.75, 3.05) is 23.0 Å². The number of anilines is 2. The van der Waals surface area contributed by atoms with Gasteiger partial charge < -0.3 is 10.7 Å². The second-order valence-electron chi connectivity index (χ2n) is 4.20. The van der Waals surface area contributed by atoms with Crippen LogP contribution in [0.25, 0.3) is 0 Å². The Balaban J connectivity index is 1.91. The van der Waals surface area contributed by atoms with E-state index in [0.717, 1.165) is 18.2 Å². The van der Waals surface area contributed by atoms with Crippen molar-refractivity contribution in [1.82, 2.24) is 9.97 Å². The van der Waals surface area contributed by atoms with Crippen molar-refractivity contribution in [2.45, 2.75) is 31.4 Å². The van der Waals surface area contributed by atoms with Gasteiger partial charge in [-0.15, -0.1) is 0 Å². The van der Waals surface area contributed by atoms with Gasteiger partial charge in [0.05, 0.1) is 0 Å². The maximum atomic E-state index is 5.35. The normalized spacial score (nSPS) is 20.0. The van der Waals surface area contributed by atoms with Gasteiger partial charge in [0, 0.05) is 17.9 Å². The van der Waals surface area contributed by atoms with E-state index in [1.54, 1.807) is 0 Å². The van der Waals surface area contributed by atoms with Gasteiger partial charge in [0.15, 0.2) is 0 Å². The van der Waals surface area contributed by atoms with Gasteiger partial charge in [-0.2, -0.15) is 11.8 Å². The molecule has 2 heterocycles. The Labute approximate surface area is 106 Å². The molecule has 5 nitrogen and oxygen atoms in total. The predicted octanol–water partition coefficient (Wildman–Crippen LogP) is 1.77. The van der Waals surface area contributed by atoms with E-state index in [4.69, 9.17) is 5.84 Å². The number of nitrogen functional groups attached to an aromatic ring is 1. The molecule has 6 heteroatoms. The minimum absolute atomic E-state index is 0.649. The first-order chi connectivity index (χ1) is 8.28. The minimum Gasteiger partial charge on any atom is -0.369 e. The number of rotatable bonds is 4. The number of nitrogens with two attached hydrogens (primary N) is 1. The van der Waals surface area contributed by atoms with Crippen LogP contribution in [0.3, 0.4) is 0 Å². The van der Waals surface area contributed by atoms with E-state index >= 15 is 0 Å². The number of thioether (sulfide) groups is 1. The molecule has 2 rings (SSSR count). The van der Waals surface area contributed by atoms with Crippen LogP contribution in [0.5, 0.6) is 0 Å². The van der Waals surface area contributed by atoms with Crippen molar-refractivity contribution >= 4 is 23.4 Å². The fraction of sp³-hybridized carbons (Fsp3) is 0.636. The van der Waals surface area contributed by atoms with Crippen LogP contribution in [-0.4, -0.2) is 27.5 Å². The van der Waals surface area contributed by atoms with Crippen molar-refractivity contribution in [3.8, 4) is 0 Å². The molecule has 0 radical (unpaired) electrons. The SMILES string of the molecule is Cc1nc(NN)cc(NCC2CCCCS2)n1. The molecule has 1 aromatic rings. The molecule has 1 aromatic heterocycles. The van der Waals surface area contributed by atoms with Crippen LogP contribution in [-0.2, 0) is 0 Å². The summed E-state index contributed by atoms with van der Waals surface area (Å²) < 4.78 is 0. The lowest BCUT2D eigenvalue weighted by molar-refractivity contribution is 0.677. The first-order valence-electron chi connectivity index (χ1n) is 5.95. The van der Waals surface area contributed by atoms with E-state index in [9.17, 15) is 0 Å². The average molecular weight is 253 g/mol. The third kappa shape index (κ3) is 3.74. The summed E-state index contributed by atoms with van der Waals surface area (Å²) in [6.45, 7) is 2.83. The fourth-order valence-corrected chi connectivity index (χ4v) is 3.16. The number of nitrogens with one attached hydrogen (secondary N) is 2. The summed E-state index contributed by atoms with van der Waals surface area (Å²) in [4.78, 5) is 8.49. The summed E-state index contributed by atoms with van der Waals surface area (Å²) in [6.07, 6.45) is 4.00. The highest BCUT2D eigenvalue weighted by atomic mass is 32.2. The zero-order valence-electron chi connectivity index (χ0n) is 10.1. The smallest absolute Gasteiger partial charge is 0.145 e. The lowest BCUT2D eigenvalue weighted by Crippen LogP contribution is -2.21. The van der Waals surface area contributed by atoms with Crippen LogP contribution in [0.15, 0.2) is 6.07 Å². The molecule has 0 amide bonds. The van der Waals surface area contributed by atoms with Gasteiger partial charge in [-0.1, -0.05) is 6.42 Å². The molecule has 94 valence electrons. The summed E-state index contributed by atoms with van der Waals surface area (Å²) in [5, 5.41) is 4.06. The van der Waals surface area contributed by atoms with Crippen LogP contribution in [0.2, 0.25) is 0 Å². The summed E-state index contributed by atoms with van der Waals surface area (Å²) in [7, 11) is 0. The summed E-state index contributed by atoms with van der Waals surface area (Å²) in [6, 6.07) is 1.83.